The molecule has 2 aromatic rings. The van der Waals surface area contributed by atoms with E-state index in [0.717, 1.165) is 5.69 Å². The molecule has 1 unspecified atom stereocenters. The Kier molecular flexibility index (Phi) is 4.20. The minimum atomic E-state index is -0.654. The van der Waals surface area contributed by atoms with Crippen molar-refractivity contribution < 1.29 is 14.3 Å². The molecule has 0 saturated carbocycles. The van der Waals surface area contributed by atoms with Gasteiger partial charge in [-0.1, -0.05) is 30.3 Å². The van der Waals surface area contributed by atoms with Crippen LogP contribution in [0.25, 0.3) is 0 Å². The summed E-state index contributed by atoms with van der Waals surface area (Å²) in [6.45, 7) is 0.693. The Labute approximate surface area is 129 Å². The highest BCUT2D eigenvalue weighted by atomic mass is 19.1. The molecule has 0 aliphatic carbocycles. The summed E-state index contributed by atoms with van der Waals surface area (Å²) in [5, 5.41) is 10.1. The first kappa shape index (κ1) is 14.7. The van der Waals surface area contributed by atoms with Gasteiger partial charge in [-0.05, 0) is 42.7 Å². The summed E-state index contributed by atoms with van der Waals surface area (Å²) >= 11 is 0. The second kappa shape index (κ2) is 6.28. The van der Waals surface area contributed by atoms with Gasteiger partial charge in [0, 0.05) is 12.2 Å². The first-order valence-corrected chi connectivity index (χ1v) is 7.45. The molecule has 0 aromatic heterocycles. The van der Waals surface area contributed by atoms with Gasteiger partial charge in [-0.15, -0.1) is 0 Å². The van der Waals surface area contributed by atoms with Crippen molar-refractivity contribution >= 4 is 11.6 Å². The highest BCUT2D eigenvalue weighted by Gasteiger charge is 2.37. The third kappa shape index (κ3) is 3.02. The van der Waals surface area contributed by atoms with E-state index in [-0.39, 0.29) is 17.6 Å². The lowest BCUT2D eigenvalue weighted by Gasteiger charge is -2.38. The summed E-state index contributed by atoms with van der Waals surface area (Å²) in [5.74, 6) is -0.239. The lowest BCUT2D eigenvalue weighted by Crippen LogP contribution is -2.52. The third-order valence-electron chi connectivity index (χ3n) is 4.13. The Hall–Kier alpha value is -2.20. The first-order valence-electron chi connectivity index (χ1n) is 7.45. The Morgan fingerprint density at radius 2 is 1.82 bits per heavy atom. The minimum Gasteiger partial charge on any atom is -0.388 e. The van der Waals surface area contributed by atoms with E-state index in [2.05, 4.69) is 0 Å². The number of amides is 1. The van der Waals surface area contributed by atoms with E-state index in [0.29, 0.717) is 24.9 Å². The molecule has 0 radical (unpaired) electrons. The lowest BCUT2D eigenvalue weighted by molar-refractivity contribution is -0.127. The molecular formula is C18H18FNO2. The quantitative estimate of drug-likeness (QED) is 0.861. The average Bonchev–Trinajstić information content (AvgIpc) is 2.55. The van der Waals surface area contributed by atoms with Crippen molar-refractivity contribution in [1.29, 1.82) is 0 Å². The van der Waals surface area contributed by atoms with E-state index < -0.39 is 6.10 Å². The van der Waals surface area contributed by atoms with E-state index in [4.69, 9.17) is 0 Å². The molecule has 0 spiro atoms. The topological polar surface area (TPSA) is 40.5 Å². The largest absolute Gasteiger partial charge is 0.388 e. The normalized spacial score (nSPS) is 18.9. The highest BCUT2D eigenvalue weighted by Crippen LogP contribution is 2.31. The molecule has 1 aliphatic rings. The van der Waals surface area contributed by atoms with Crippen LogP contribution >= 0.6 is 0 Å². The van der Waals surface area contributed by atoms with Gasteiger partial charge in [0.15, 0.2) is 0 Å². The van der Waals surface area contributed by atoms with Crippen molar-refractivity contribution in [2.24, 2.45) is 5.92 Å². The van der Waals surface area contributed by atoms with Crippen LogP contribution < -0.4 is 4.90 Å². The number of rotatable bonds is 5. The number of nitrogens with zero attached hydrogens (tertiary/aromatic N) is 1. The molecule has 1 aliphatic heterocycles. The van der Waals surface area contributed by atoms with Gasteiger partial charge >= 0.3 is 0 Å². The number of hydrogen-bond acceptors (Lipinski definition) is 2. The summed E-state index contributed by atoms with van der Waals surface area (Å²) in [6, 6.07) is 15.4. The number of β-lactam (4-membered cyclic amide) rings is 1. The predicted octanol–water partition coefficient (Wildman–Crippen LogP) is 3.30. The van der Waals surface area contributed by atoms with Gasteiger partial charge in [-0.25, -0.2) is 4.39 Å². The maximum atomic E-state index is 12.9. The molecule has 1 fully saturated rings. The molecule has 4 heteroatoms. The van der Waals surface area contributed by atoms with Crippen LogP contribution in [0.15, 0.2) is 54.6 Å². The van der Waals surface area contributed by atoms with E-state index >= 15 is 0 Å². The smallest absolute Gasteiger partial charge is 0.231 e. The molecule has 1 saturated heterocycles. The molecule has 3 rings (SSSR count). The number of halogens is 1. The number of aliphatic hydroxyl groups is 1. The molecule has 3 nitrogen and oxygen atoms in total. The SMILES string of the molecule is O=C1C(CC[C@H](O)c2ccc(F)cc2)CN1c1ccccc1. The van der Waals surface area contributed by atoms with Gasteiger partial charge in [-0.2, -0.15) is 0 Å². The number of para-hydroxylation sites is 1. The average molecular weight is 299 g/mol. The fraction of sp³-hybridized carbons (Fsp3) is 0.278. The summed E-state index contributed by atoms with van der Waals surface area (Å²) in [7, 11) is 0. The van der Waals surface area contributed by atoms with E-state index in [1.54, 1.807) is 17.0 Å². The zero-order valence-corrected chi connectivity index (χ0v) is 12.2. The summed E-state index contributed by atoms with van der Waals surface area (Å²) in [6.07, 6.45) is 0.491. The lowest BCUT2D eigenvalue weighted by atomic mass is 9.90. The standard InChI is InChI=1S/C18H18FNO2/c19-15-9-6-13(7-10-15)17(21)11-8-14-12-20(18(14)22)16-4-2-1-3-5-16/h1-7,9-10,14,17,21H,8,11-12H2/t14?,17-/m0/s1. The van der Waals surface area contributed by atoms with E-state index in [1.165, 1.54) is 12.1 Å². The molecule has 2 aromatic carbocycles. The molecule has 2 atom stereocenters. The predicted molar refractivity (Wildman–Crippen MR) is 82.9 cm³/mol. The molecule has 22 heavy (non-hydrogen) atoms. The zero-order chi connectivity index (χ0) is 15.5. The molecule has 0 bridgehead atoms. The highest BCUT2D eigenvalue weighted by molar-refractivity contribution is 6.01. The molecular weight excluding hydrogens is 281 g/mol. The zero-order valence-electron chi connectivity index (χ0n) is 12.2. The van der Waals surface area contributed by atoms with Gasteiger partial charge in [0.2, 0.25) is 5.91 Å². The van der Waals surface area contributed by atoms with Crippen LogP contribution in [0.1, 0.15) is 24.5 Å². The Morgan fingerprint density at radius 3 is 2.45 bits per heavy atom. The van der Waals surface area contributed by atoms with Crippen LogP contribution in [0, 0.1) is 11.7 Å². The Morgan fingerprint density at radius 1 is 1.14 bits per heavy atom. The monoisotopic (exact) mass is 299 g/mol. The maximum absolute atomic E-state index is 12.9. The van der Waals surface area contributed by atoms with E-state index in [1.807, 2.05) is 30.3 Å². The van der Waals surface area contributed by atoms with Gasteiger partial charge in [0.05, 0.1) is 12.0 Å². The van der Waals surface area contributed by atoms with Crippen LogP contribution in [0.5, 0.6) is 0 Å². The van der Waals surface area contributed by atoms with Gasteiger partial charge in [0.25, 0.3) is 0 Å². The van der Waals surface area contributed by atoms with Crippen molar-refractivity contribution in [3.63, 3.8) is 0 Å². The fourth-order valence-corrected chi connectivity index (χ4v) is 2.76. The first-order chi connectivity index (χ1) is 10.6. The van der Waals surface area contributed by atoms with Crippen LogP contribution in [-0.2, 0) is 4.79 Å². The van der Waals surface area contributed by atoms with E-state index in [9.17, 15) is 14.3 Å². The minimum absolute atomic E-state index is 0.0321. The van der Waals surface area contributed by atoms with Crippen LogP contribution in [0.4, 0.5) is 10.1 Å². The van der Waals surface area contributed by atoms with Crippen molar-refractivity contribution in [2.45, 2.75) is 18.9 Å². The van der Waals surface area contributed by atoms with Crippen molar-refractivity contribution in [1.82, 2.24) is 0 Å². The molecule has 1 N–H and O–H groups in total. The molecule has 1 heterocycles. The second-order valence-corrected chi connectivity index (χ2v) is 5.63. The van der Waals surface area contributed by atoms with Gasteiger partial charge < -0.3 is 10.0 Å². The Balaban J connectivity index is 1.51. The number of hydrogen-bond donors (Lipinski definition) is 1. The number of aliphatic hydroxyl groups excluding tert-OH is 1. The number of carbonyl (C=O) groups is 1. The molecule has 1 amide bonds. The maximum Gasteiger partial charge on any atom is 0.231 e. The van der Waals surface area contributed by atoms with Crippen LogP contribution in [0.2, 0.25) is 0 Å². The van der Waals surface area contributed by atoms with Crippen molar-refractivity contribution in [2.75, 3.05) is 11.4 Å². The fourth-order valence-electron chi connectivity index (χ4n) is 2.76. The number of anilines is 1. The third-order valence-corrected chi connectivity index (χ3v) is 4.13. The summed E-state index contributed by atoms with van der Waals surface area (Å²) in [5.41, 5.74) is 1.61. The summed E-state index contributed by atoms with van der Waals surface area (Å²) < 4.78 is 12.9. The van der Waals surface area contributed by atoms with Crippen molar-refractivity contribution in [3.05, 3.63) is 66.0 Å². The van der Waals surface area contributed by atoms with Gasteiger partial charge in [-0.3, -0.25) is 4.79 Å². The summed E-state index contributed by atoms with van der Waals surface area (Å²) in [4.78, 5) is 13.9. The molecule has 114 valence electrons. The van der Waals surface area contributed by atoms with Gasteiger partial charge in [0.1, 0.15) is 5.82 Å². The number of carbonyl (C=O) groups excluding carboxylic acids is 1. The van der Waals surface area contributed by atoms with Crippen LogP contribution in [0.3, 0.4) is 0 Å². The van der Waals surface area contributed by atoms with Crippen LogP contribution in [-0.4, -0.2) is 17.6 Å². The Bertz CT molecular complexity index is 642. The number of benzene rings is 2. The second-order valence-electron chi connectivity index (χ2n) is 5.63. The van der Waals surface area contributed by atoms with Crippen molar-refractivity contribution in [3.8, 4) is 0 Å².